The maximum absolute atomic E-state index is 4.61. The van der Waals surface area contributed by atoms with Crippen molar-refractivity contribution in [2.45, 2.75) is 39.5 Å². The molecule has 0 amide bonds. The molecule has 0 aromatic heterocycles. The quantitative estimate of drug-likeness (QED) is 0.0946. The van der Waals surface area contributed by atoms with E-state index < -0.39 is 15.8 Å². The van der Waals surface area contributed by atoms with Gasteiger partial charge in [0.05, 0.1) is 53.1 Å². The molecule has 0 heterocycles. The number of hydrogen-bond donors (Lipinski definition) is 0. The maximum Gasteiger partial charge on any atom is 2.00 e. The van der Waals surface area contributed by atoms with Crippen LogP contribution in [0, 0.1) is 21.3 Å². The van der Waals surface area contributed by atoms with Gasteiger partial charge < -0.3 is 21.3 Å². The van der Waals surface area contributed by atoms with Gasteiger partial charge >= 0.3 is 49.3 Å². The van der Waals surface area contributed by atoms with Crippen LogP contribution in [-0.4, -0.2) is 26.7 Å². The van der Waals surface area contributed by atoms with Crippen molar-refractivity contribution in [2.24, 2.45) is 0 Å². The van der Waals surface area contributed by atoms with Crippen molar-refractivity contribution in [1.82, 2.24) is 0 Å². The molecule has 0 N–H and O–H groups in total. The molecule has 0 aliphatic carbocycles. The molecule has 8 rings (SSSR count). The van der Waals surface area contributed by atoms with Gasteiger partial charge in [-0.1, -0.05) is 172 Å². The van der Waals surface area contributed by atoms with Crippen molar-refractivity contribution in [3.63, 3.8) is 0 Å². The first-order chi connectivity index (χ1) is 32.3. The molecule has 0 aliphatic heterocycles. The zero-order chi connectivity index (χ0) is 48.0. The topological polar surface area (TPSA) is 0 Å². The molecule has 0 saturated heterocycles. The predicted molar refractivity (Wildman–Crippen MR) is 318 cm³/mol. The Bertz CT molecular complexity index is 1900. The molecular formula is C61H77ClP4Pt2+4. The maximum atomic E-state index is 4.61. The Balaban J connectivity index is 0.000000852. The number of benzene rings is 8. The molecule has 0 saturated carbocycles. The summed E-state index contributed by atoms with van der Waals surface area (Å²) < 4.78 is 0. The standard InChI is InChI=1S/2C18H15P.2C8H11P.2C4H9.CH3.ClH.2Pt/c2*1-4-10-16(11-5-1)19(17-12-6-2-7-13-17)18-14-8-3-9-15-18;2*1-9(2)8-6-4-3-5-7-8;2*1-3-4-2;;;;/h2*1-15H;2*3-7H,1-2H3;2*1,3-4H2,2H3;1H3;1H;;/q;;;;3*-1;;2*+2/p+3. The molecule has 0 atom stereocenters. The van der Waals surface area contributed by atoms with E-state index in [-0.39, 0.29) is 44.3 Å². The molecule has 0 spiro atoms. The molecule has 364 valence electrons. The average Bonchev–Trinajstić information content (AvgIpc) is 3.40. The van der Waals surface area contributed by atoms with Crippen LogP contribution in [0.2, 0.25) is 0 Å². The van der Waals surface area contributed by atoms with Gasteiger partial charge in [0.25, 0.3) is 0 Å². The van der Waals surface area contributed by atoms with Gasteiger partial charge in [-0.3, -0.25) is 0 Å². The van der Waals surface area contributed by atoms with E-state index in [9.17, 15) is 0 Å². The fourth-order valence-corrected chi connectivity index (χ4v) is 13.0. The number of unbranched alkanes of at least 4 members (excludes halogenated alkanes) is 2. The van der Waals surface area contributed by atoms with E-state index in [1.165, 1.54) is 55.3 Å². The van der Waals surface area contributed by atoms with E-state index in [0.29, 0.717) is 0 Å². The number of halogens is 1. The van der Waals surface area contributed by atoms with Crippen molar-refractivity contribution < 1.29 is 39.8 Å². The van der Waals surface area contributed by atoms with Crippen LogP contribution in [0.3, 0.4) is 0 Å². The molecule has 8 aromatic rings. The van der Waals surface area contributed by atoms with Crippen molar-refractivity contribution in [3.05, 3.63) is 264 Å². The minimum atomic E-state index is -0.877. The summed E-state index contributed by atoms with van der Waals surface area (Å²) in [4.78, 5) is 0. The Morgan fingerprint density at radius 1 is 0.309 bits per heavy atom. The molecule has 8 aromatic carbocycles. The summed E-state index contributed by atoms with van der Waals surface area (Å²) in [6.07, 6.45) is 4.56. The van der Waals surface area contributed by atoms with E-state index in [1.807, 2.05) is 0 Å². The first-order valence-corrected chi connectivity index (χ1v) is 33.6. The Hall–Kier alpha value is -2.85. The molecule has 0 unspecified atom stereocenters. The largest absolute Gasteiger partial charge is 2.00 e. The second-order valence-electron chi connectivity index (χ2n) is 15.4. The van der Waals surface area contributed by atoms with E-state index in [1.54, 1.807) is 18.8 Å². The van der Waals surface area contributed by atoms with E-state index in [2.05, 4.69) is 306 Å². The molecular weight excluding hydrogens is 1280 g/mol. The molecule has 0 bridgehead atoms. The average molecular weight is 1360 g/mol. The minimum absolute atomic E-state index is 0. The van der Waals surface area contributed by atoms with Crippen molar-refractivity contribution >= 4 is 83.5 Å². The minimum Gasteiger partial charge on any atom is -0.0620 e. The SMILES string of the molecule is C[PH+](C)c1ccccc1.C[PH+](C)c1ccccc1.[CH2-]CCC.[CH2-]CCC.[CH3-].[Cl][Pt+].[Pt+2].c1ccc([PH+](c2ccccc2)c2ccccc2)cc1.c1ccc([PH+](c2ccccc2)c2ccccc2)cc1. The molecule has 7 heteroatoms. The summed E-state index contributed by atoms with van der Waals surface area (Å²) in [6.45, 7) is 20.7. The summed E-state index contributed by atoms with van der Waals surface area (Å²) >= 11 is 1.61. The van der Waals surface area contributed by atoms with Crippen LogP contribution in [0.25, 0.3) is 0 Å². The zero-order valence-corrected chi connectivity index (χ0v) is 50.6. The van der Waals surface area contributed by atoms with Gasteiger partial charge in [-0.15, -0.1) is 0 Å². The van der Waals surface area contributed by atoms with Crippen LogP contribution in [0.5, 0.6) is 0 Å². The Morgan fingerprint density at radius 3 is 0.515 bits per heavy atom. The Kier molecular flexibility index (Phi) is 41.2. The number of rotatable bonds is 10. The molecule has 0 nitrogen and oxygen atoms in total. The first kappa shape index (κ1) is 65.1. The second kappa shape index (κ2) is 43.0. The summed E-state index contributed by atoms with van der Waals surface area (Å²) in [5, 5.41) is 11.6. The van der Waals surface area contributed by atoms with Crippen LogP contribution < -0.4 is 42.4 Å². The van der Waals surface area contributed by atoms with Gasteiger partial charge in [-0.05, 0) is 97.1 Å². The van der Waals surface area contributed by atoms with Crippen LogP contribution in [0.15, 0.2) is 243 Å². The fraction of sp³-hybridized carbons (Fsp3) is 0.164. The van der Waals surface area contributed by atoms with Gasteiger partial charge in [-0.25, -0.2) is 0 Å². The third kappa shape index (κ3) is 26.9. The summed E-state index contributed by atoms with van der Waals surface area (Å²) in [5.41, 5.74) is 0. The Morgan fingerprint density at radius 2 is 0.426 bits per heavy atom. The van der Waals surface area contributed by atoms with E-state index in [0.717, 1.165) is 12.8 Å². The van der Waals surface area contributed by atoms with Crippen LogP contribution >= 0.6 is 41.1 Å². The Labute approximate surface area is 449 Å². The zero-order valence-electron chi connectivity index (χ0n) is 41.3. The van der Waals surface area contributed by atoms with Crippen molar-refractivity contribution in [1.29, 1.82) is 0 Å². The molecule has 68 heavy (non-hydrogen) atoms. The van der Waals surface area contributed by atoms with Gasteiger partial charge in [-0.2, -0.15) is 12.8 Å². The van der Waals surface area contributed by atoms with Crippen molar-refractivity contribution in [2.75, 3.05) is 26.7 Å². The third-order valence-corrected chi connectivity index (χ3v) is 18.2. The normalized spacial score (nSPS) is 9.57. The van der Waals surface area contributed by atoms with E-state index in [4.69, 9.17) is 0 Å². The van der Waals surface area contributed by atoms with Crippen LogP contribution in [-0.2, 0) is 39.8 Å². The molecule has 0 aliphatic rings. The monoisotopic (exact) mass is 1360 g/mol. The van der Waals surface area contributed by atoms with Crippen molar-refractivity contribution in [3.8, 4) is 0 Å². The first-order valence-electron chi connectivity index (χ1n) is 22.8. The smallest absolute Gasteiger partial charge is 0.0620 e. The van der Waals surface area contributed by atoms with E-state index >= 15 is 0 Å². The summed E-state index contributed by atoms with van der Waals surface area (Å²) in [6, 6.07) is 86.4. The van der Waals surface area contributed by atoms with Gasteiger partial charge in [0.15, 0.2) is 0 Å². The van der Waals surface area contributed by atoms with Gasteiger partial charge in [0, 0.05) is 15.8 Å². The number of hydrogen-bond acceptors (Lipinski definition) is 0. The second-order valence-corrected chi connectivity index (χ2v) is 25.5. The van der Waals surface area contributed by atoms with Gasteiger partial charge in [0.2, 0.25) is 0 Å². The summed E-state index contributed by atoms with van der Waals surface area (Å²) in [5.74, 6) is 0. The fourth-order valence-electron chi connectivity index (χ4n) is 6.17. The third-order valence-electron chi connectivity index (χ3n) is 9.78. The van der Waals surface area contributed by atoms with Gasteiger partial charge in [0.1, 0.15) is 31.8 Å². The molecule has 0 radical (unpaired) electrons. The predicted octanol–water partition coefficient (Wildman–Crippen LogP) is 14.3. The molecule has 0 fully saturated rings. The summed E-state index contributed by atoms with van der Waals surface area (Å²) in [7, 11) is 2.43. The van der Waals surface area contributed by atoms with Crippen LogP contribution in [0.4, 0.5) is 0 Å². The van der Waals surface area contributed by atoms with Crippen LogP contribution in [0.1, 0.15) is 39.5 Å².